The molecule has 0 aromatic heterocycles. The summed E-state index contributed by atoms with van der Waals surface area (Å²) in [6.45, 7) is 10.3. The summed E-state index contributed by atoms with van der Waals surface area (Å²) in [5, 5.41) is 0. The van der Waals surface area contributed by atoms with Crippen LogP contribution in [0.15, 0.2) is 12.1 Å². The SMILES string of the molecule is Cc1cc(F)cc(C(C)(C)C)c1C. The van der Waals surface area contributed by atoms with Gasteiger partial charge < -0.3 is 0 Å². The fourth-order valence-electron chi connectivity index (χ4n) is 1.59. The molecular formula is C12H17F. The Labute approximate surface area is 79.8 Å². The van der Waals surface area contributed by atoms with Crippen molar-refractivity contribution in [3.63, 3.8) is 0 Å². The van der Waals surface area contributed by atoms with Gasteiger partial charge in [-0.2, -0.15) is 0 Å². The van der Waals surface area contributed by atoms with Gasteiger partial charge in [0.15, 0.2) is 0 Å². The minimum Gasteiger partial charge on any atom is -0.207 e. The van der Waals surface area contributed by atoms with Crippen molar-refractivity contribution in [1.82, 2.24) is 0 Å². The summed E-state index contributed by atoms with van der Waals surface area (Å²) >= 11 is 0. The molecule has 1 heteroatoms. The fraction of sp³-hybridized carbons (Fsp3) is 0.500. The second-order valence-electron chi connectivity index (χ2n) is 4.65. The van der Waals surface area contributed by atoms with Crippen LogP contribution in [0.4, 0.5) is 4.39 Å². The molecule has 0 fully saturated rings. The number of aryl methyl sites for hydroxylation is 1. The van der Waals surface area contributed by atoms with Crippen molar-refractivity contribution in [2.45, 2.75) is 40.0 Å². The smallest absolute Gasteiger partial charge is 0.123 e. The maximum Gasteiger partial charge on any atom is 0.123 e. The van der Waals surface area contributed by atoms with Gasteiger partial charge in [0.1, 0.15) is 5.82 Å². The van der Waals surface area contributed by atoms with E-state index in [-0.39, 0.29) is 11.2 Å². The van der Waals surface area contributed by atoms with E-state index >= 15 is 0 Å². The van der Waals surface area contributed by atoms with Crippen molar-refractivity contribution in [2.24, 2.45) is 0 Å². The molecule has 0 radical (unpaired) electrons. The third-order valence-electron chi connectivity index (χ3n) is 2.44. The molecule has 0 aliphatic carbocycles. The van der Waals surface area contributed by atoms with E-state index in [1.165, 1.54) is 5.56 Å². The zero-order valence-electron chi connectivity index (χ0n) is 9.03. The van der Waals surface area contributed by atoms with E-state index in [2.05, 4.69) is 27.7 Å². The Bertz CT molecular complexity index is 319. The first kappa shape index (κ1) is 10.2. The Morgan fingerprint density at radius 2 is 1.62 bits per heavy atom. The van der Waals surface area contributed by atoms with Gasteiger partial charge in [0.05, 0.1) is 0 Å². The summed E-state index contributed by atoms with van der Waals surface area (Å²) < 4.78 is 13.1. The van der Waals surface area contributed by atoms with Crippen LogP contribution in [0.5, 0.6) is 0 Å². The van der Waals surface area contributed by atoms with Gasteiger partial charge in [0.2, 0.25) is 0 Å². The van der Waals surface area contributed by atoms with Crippen molar-refractivity contribution < 1.29 is 4.39 Å². The lowest BCUT2D eigenvalue weighted by Crippen LogP contribution is -2.14. The monoisotopic (exact) mass is 180 g/mol. The number of hydrogen-bond donors (Lipinski definition) is 0. The summed E-state index contributed by atoms with van der Waals surface area (Å²) in [6.07, 6.45) is 0. The van der Waals surface area contributed by atoms with Gasteiger partial charge in [-0.05, 0) is 48.1 Å². The lowest BCUT2D eigenvalue weighted by atomic mass is 9.83. The molecule has 0 saturated heterocycles. The molecule has 0 bridgehead atoms. The highest BCUT2D eigenvalue weighted by Gasteiger charge is 2.17. The van der Waals surface area contributed by atoms with Crippen molar-refractivity contribution in [3.05, 3.63) is 34.6 Å². The van der Waals surface area contributed by atoms with Gasteiger partial charge in [-0.1, -0.05) is 20.8 Å². The Balaban J connectivity index is 3.37. The minimum absolute atomic E-state index is 0.0247. The maximum absolute atomic E-state index is 13.1. The molecule has 0 unspecified atom stereocenters. The summed E-state index contributed by atoms with van der Waals surface area (Å²) in [5.74, 6) is -0.131. The maximum atomic E-state index is 13.1. The minimum atomic E-state index is -0.131. The molecule has 0 heterocycles. The Kier molecular flexibility index (Phi) is 2.47. The average Bonchev–Trinajstić information content (AvgIpc) is 1.94. The Morgan fingerprint density at radius 1 is 1.08 bits per heavy atom. The molecule has 72 valence electrons. The van der Waals surface area contributed by atoms with E-state index in [4.69, 9.17) is 0 Å². The van der Waals surface area contributed by atoms with Crippen molar-refractivity contribution in [2.75, 3.05) is 0 Å². The van der Waals surface area contributed by atoms with Crippen LogP contribution in [0, 0.1) is 19.7 Å². The lowest BCUT2D eigenvalue weighted by molar-refractivity contribution is 0.567. The quantitative estimate of drug-likeness (QED) is 0.570. The molecule has 1 rings (SSSR count). The van der Waals surface area contributed by atoms with E-state index in [1.54, 1.807) is 12.1 Å². The average molecular weight is 180 g/mol. The van der Waals surface area contributed by atoms with E-state index < -0.39 is 0 Å². The lowest BCUT2D eigenvalue weighted by Gasteiger charge is -2.22. The van der Waals surface area contributed by atoms with Gasteiger partial charge in [-0.15, -0.1) is 0 Å². The van der Waals surface area contributed by atoms with Crippen LogP contribution in [0.25, 0.3) is 0 Å². The Hall–Kier alpha value is -0.850. The normalized spacial score (nSPS) is 11.8. The first-order valence-electron chi connectivity index (χ1n) is 4.59. The largest absolute Gasteiger partial charge is 0.207 e. The van der Waals surface area contributed by atoms with Gasteiger partial charge in [-0.25, -0.2) is 4.39 Å². The molecule has 0 saturated carbocycles. The van der Waals surface area contributed by atoms with Crippen LogP contribution in [-0.2, 0) is 5.41 Å². The predicted octanol–water partition coefficient (Wildman–Crippen LogP) is 3.74. The van der Waals surface area contributed by atoms with Gasteiger partial charge in [-0.3, -0.25) is 0 Å². The molecule has 0 atom stereocenters. The molecule has 1 aromatic rings. The molecule has 13 heavy (non-hydrogen) atoms. The molecule has 0 amide bonds. The molecular weight excluding hydrogens is 163 g/mol. The van der Waals surface area contributed by atoms with Crippen molar-refractivity contribution in [3.8, 4) is 0 Å². The van der Waals surface area contributed by atoms with Crippen molar-refractivity contribution >= 4 is 0 Å². The summed E-state index contributed by atoms with van der Waals surface area (Å²) in [4.78, 5) is 0. The highest BCUT2D eigenvalue weighted by atomic mass is 19.1. The standard InChI is InChI=1S/C12H17F/c1-8-6-10(13)7-11(9(8)2)12(3,4)5/h6-7H,1-5H3. The molecule has 0 aliphatic heterocycles. The first-order valence-corrected chi connectivity index (χ1v) is 4.59. The number of benzene rings is 1. The van der Waals surface area contributed by atoms with E-state index in [9.17, 15) is 4.39 Å². The van der Waals surface area contributed by atoms with Gasteiger partial charge >= 0.3 is 0 Å². The van der Waals surface area contributed by atoms with Crippen LogP contribution in [-0.4, -0.2) is 0 Å². The summed E-state index contributed by atoms with van der Waals surface area (Å²) in [6, 6.07) is 3.23. The van der Waals surface area contributed by atoms with Crippen LogP contribution < -0.4 is 0 Å². The third-order valence-corrected chi connectivity index (χ3v) is 2.44. The summed E-state index contributed by atoms with van der Waals surface area (Å²) in [7, 11) is 0. The molecule has 0 spiro atoms. The predicted molar refractivity (Wildman–Crippen MR) is 54.6 cm³/mol. The van der Waals surface area contributed by atoms with Crippen LogP contribution in [0.1, 0.15) is 37.5 Å². The zero-order chi connectivity index (χ0) is 10.2. The second-order valence-corrected chi connectivity index (χ2v) is 4.65. The Morgan fingerprint density at radius 3 is 2.08 bits per heavy atom. The van der Waals surface area contributed by atoms with E-state index in [0.717, 1.165) is 11.1 Å². The summed E-state index contributed by atoms with van der Waals surface area (Å²) in [5.41, 5.74) is 3.36. The van der Waals surface area contributed by atoms with Gasteiger partial charge in [0, 0.05) is 0 Å². The number of rotatable bonds is 0. The van der Waals surface area contributed by atoms with Crippen LogP contribution in [0.2, 0.25) is 0 Å². The van der Waals surface area contributed by atoms with Gasteiger partial charge in [0.25, 0.3) is 0 Å². The van der Waals surface area contributed by atoms with Crippen LogP contribution in [0.3, 0.4) is 0 Å². The van der Waals surface area contributed by atoms with Crippen LogP contribution >= 0.6 is 0 Å². The zero-order valence-corrected chi connectivity index (χ0v) is 9.03. The fourth-order valence-corrected chi connectivity index (χ4v) is 1.59. The first-order chi connectivity index (χ1) is 5.82. The highest BCUT2D eigenvalue weighted by molar-refractivity contribution is 5.38. The molecule has 0 nitrogen and oxygen atoms in total. The van der Waals surface area contributed by atoms with E-state index in [1.807, 2.05) is 6.92 Å². The molecule has 1 aromatic carbocycles. The molecule has 0 N–H and O–H groups in total. The van der Waals surface area contributed by atoms with E-state index in [0.29, 0.717) is 0 Å². The topological polar surface area (TPSA) is 0 Å². The molecule has 0 aliphatic rings. The second kappa shape index (κ2) is 3.13. The third kappa shape index (κ3) is 2.09. The number of halogens is 1. The van der Waals surface area contributed by atoms with Crippen molar-refractivity contribution in [1.29, 1.82) is 0 Å². The number of hydrogen-bond acceptors (Lipinski definition) is 0. The highest BCUT2D eigenvalue weighted by Crippen LogP contribution is 2.28.